The summed E-state index contributed by atoms with van der Waals surface area (Å²) in [4.78, 5) is 31.5. The van der Waals surface area contributed by atoms with Gasteiger partial charge in [0.2, 0.25) is 0 Å². The van der Waals surface area contributed by atoms with Gasteiger partial charge in [-0.15, -0.1) is 0 Å². The number of fused-ring (bicyclic) bond motifs is 2. The number of amides is 2. The summed E-state index contributed by atoms with van der Waals surface area (Å²) in [5.41, 5.74) is 1.53. The molecule has 2 aliphatic heterocycles. The van der Waals surface area contributed by atoms with Gasteiger partial charge in [-0.3, -0.25) is 9.59 Å². The van der Waals surface area contributed by atoms with Gasteiger partial charge >= 0.3 is 0 Å². The molecule has 1 N–H and O–H groups in total. The molecule has 1 aromatic carbocycles. The second-order valence-corrected chi connectivity index (χ2v) is 7.59. The maximum Gasteiger partial charge on any atom is 0.273 e. The zero-order valence-electron chi connectivity index (χ0n) is 16.4. The van der Waals surface area contributed by atoms with E-state index >= 15 is 0 Å². The first-order chi connectivity index (χ1) is 14.0. The third-order valence-corrected chi connectivity index (χ3v) is 6.18. The Hall–Kier alpha value is -3.29. The molecule has 3 fully saturated rings. The van der Waals surface area contributed by atoms with Crippen molar-refractivity contribution in [1.82, 2.24) is 15.2 Å². The molecule has 3 atom stereocenters. The quantitative estimate of drug-likeness (QED) is 0.729. The van der Waals surface area contributed by atoms with Crippen LogP contribution in [0.4, 0.5) is 0 Å². The molecule has 2 bridgehead atoms. The molecule has 1 saturated carbocycles. The zero-order chi connectivity index (χ0) is 20.3. The van der Waals surface area contributed by atoms with E-state index in [0.717, 1.165) is 11.8 Å². The van der Waals surface area contributed by atoms with Crippen LogP contribution in [0, 0.1) is 12.8 Å². The smallest absolute Gasteiger partial charge is 0.273 e. The molecule has 3 aromatic rings. The van der Waals surface area contributed by atoms with Gasteiger partial charge in [-0.25, -0.2) is 4.98 Å². The van der Waals surface area contributed by atoms with Crippen molar-refractivity contribution < 1.29 is 23.2 Å². The molecular weight excluding hydrogens is 374 g/mol. The lowest BCUT2D eigenvalue weighted by molar-refractivity contribution is 0.0729. The Morgan fingerprint density at radius 3 is 2.93 bits per heavy atom. The number of benzene rings is 1. The van der Waals surface area contributed by atoms with Crippen LogP contribution in [-0.2, 0) is 0 Å². The number of hydrogen-bond acceptors (Lipinski definition) is 6. The van der Waals surface area contributed by atoms with Crippen molar-refractivity contribution in [3.63, 3.8) is 0 Å². The fourth-order valence-electron chi connectivity index (χ4n) is 4.76. The van der Waals surface area contributed by atoms with Crippen LogP contribution < -0.4 is 10.1 Å². The van der Waals surface area contributed by atoms with Gasteiger partial charge in [0.15, 0.2) is 12.1 Å². The Bertz CT molecular complexity index is 1130. The summed E-state index contributed by atoms with van der Waals surface area (Å²) in [7, 11) is 3.16. The van der Waals surface area contributed by atoms with Crippen molar-refractivity contribution in [2.24, 2.45) is 5.92 Å². The Kier molecular flexibility index (Phi) is 3.90. The van der Waals surface area contributed by atoms with Gasteiger partial charge in [-0.05, 0) is 37.5 Å². The normalized spacial score (nSPS) is 22.6. The van der Waals surface area contributed by atoms with Crippen molar-refractivity contribution >= 4 is 22.8 Å². The van der Waals surface area contributed by atoms with Crippen LogP contribution in [0.15, 0.2) is 33.4 Å². The fraction of sp³-hybridized carbons (Fsp3) is 0.381. The Morgan fingerprint density at radius 2 is 2.17 bits per heavy atom. The molecule has 3 aliphatic rings. The minimum Gasteiger partial charge on any atom is -0.497 e. The monoisotopic (exact) mass is 395 g/mol. The first kappa shape index (κ1) is 17.8. The Balaban J connectivity index is 1.48. The topological polar surface area (TPSA) is 97.8 Å². The number of aryl methyl sites for hydroxylation is 1. The van der Waals surface area contributed by atoms with Crippen LogP contribution in [0.2, 0.25) is 0 Å². The van der Waals surface area contributed by atoms with Gasteiger partial charge in [0.05, 0.1) is 12.7 Å². The number of carbonyl (C=O) groups excluding carboxylic acids is 2. The highest BCUT2D eigenvalue weighted by Gasteiger charge is 2.57. The maximum atomic E-state index is 13.5. The second-order valence-electron chi connectivity index (χ2n) is 7.59. The van der Waals surface area contributed by atoms with E-state index in [1.165, 1.54) is 6.39 Å². The highest BCUT2D eigenvalue weighted by molar-refractivity contribution is 6.08. The number of nitrogens with one attached hydrogen (secondary N) is 1. The highest BCUT2D eigenvalue weighted by atomic mass is 16.5. The zero-order valence-corrected chi connectivity index (χ0v) is 16.4. The fourth-order valence-corrected chi connectivity index (χ4v) is 4.76. The number of carbonyl (C=O) groups is 2. The summed E-state index contributed by atoms with van der Waals surface area (Å²) in [6.45, 7) is 2.43. The lowest BCUT2D eigenvalue weighted by atomic mass is 9.72. The predicted octanol–water partition coefficient (Wildman–Crippen LogP) is 2.73. The predicted molar refractivity (Wildman–Crippen MR) is 103 cm³/mol. The van der Waals surface area contributed by atoms with Gasteiger partial charge in [0, 0.05) is 30.9 Å². The molecule has 0 spiro atoms. The molecular formula is C21H21N3O5. The number of ether oxygens (including phenoxy) is 1. The lowest BCUT2D eigenvalue weighted by Gasteiger charge is -2.35. The van der Waals surface area contributed by atoms with Gasteiger partial charge in [0.1, 0.15) is 22.9 Å². The largest absolute Gasteiger partial charge is 0.497 e. The van der Waals surface area contributed by atoms with Crippen LogP contribution in [0.25, 0.3) is 11.0 Å². The number of aromatic nitrogens is 1. The summed E-state index contributed by atoms with van der Waals surface area (Å²) >= 11 is 0. The molecule has 4 heterocycles. The number of hydrogen-bond donors (Lipinski definition) is 1. The van der Waals surface area contributed by atoms with E-state index in [2.05, 4.69) is 10.3 Å². The summed E-state index contributed by atoms with van der Waals surface area (Å²) < 4.78 is 16.7. The van der Waals surface area contributed by atoms with Crippen molar-refractivity contribution in [2.45, 2.75) is 25.3 Å². The molecule has 6 rings (SSSR count). The van der Waals surface area contributed by atoms with Crippen LogP contribution in [-0.4, -0.2) is 48.4 Å². The first-order valence-electron chi connectivity index (χ1n) is 9.57. The number of furan rings is 1. The van der Waals surface area contributed by atoms with E-state index in [0.29, 0.717) is 40.7 Å². The minimum absolute atomic E-state index is 0.0123. The number of oxazole rings is 1. The van der Waals surface area contributed by atoms with Gasteiger partial charge in [-0.2, -0.15) is 0 Å². The van der Waals surface area contributed by atoms with Crippen LogP contribution in [0.1, 0.15) is 44.7 Å². The molecule has 150 valence electrons. The summed E-state index contributed by atoms with van der Waals surface area (Å²) in [5, 5.41) is 3.34. The number of nitrogens with zero attached hydrogens (tertiary/aromatic N) is 2. The molecule has 2 amide bonds. The van der Waals surface area contributed by atoms with Crippen molar-refractivity contribution in [2.75, 3.05) is 20.7 Å². The standard InChI is InChI=1S/C21H21N3O5/c1-10-16(13-7-12(27-3)4-5-15(13)29-10)21(26)24-8-11-6-14(24)17(11)19-18(20(25)22-2)23-9-28-19/h4-5,7,9,11,14,17H,6,8H2,1-3H3,(H,22,25). The molecule has 8 nitrogen and oxygen atoms in total. The third-order valence-electron chi connectivity index (χ3n) is 6.18. The summed E-state index contributed by atoms with van der Waals surface area (Å²) in [6, 6.07) is 5.44. The van der Waals surface area contributed by atoms with E-state index in [1.54, 1.807) is 21.1 Å². The summed E-state index contributed by atoms with van der Waals surface area (Å²) in [6.07, 6.45) is 2.19. The molecule has 1 aliphatic carbocycles. The SMILES string of the molecule is CNC(=O)c1ncoc1C1C2CC1N(C(=O)c1c(C)oc3ccc(OC)cc13)C2. The summed E-state index contributed by atoms with van der Waals surface area (Å²) in [5.74, 6) is 1.73. The second kappa shape index (κ2) is 6.37. The molecule has 3 unspecified atom stereocenters. The van der Waals surface area contributed by atoms with Gasteiger partial charge in [-0.1, -0.05) is 0 Å². The molecule has 0 radical (unpaired) electrons. The maximum absolute atomic E-state index is 13.5. The van der Waals surface area contributed by atoms with E-state index in [1.807, 2.05) is 23.1 Å². The van der Waals surface area contributed by atoms with Gasteiger partial charge in [0.25, 0.3) is 11.8 Å². The van der Waals surface area contributed by atoms with Crippen LogP contribution in [0.3, 0.4) is 0 Å². The number of methoxy groups -OCH3 is 1. The molecule has 2 saturated heterocycles. The Morgan fingerprint density at radius 1 is 1.34 bits per heavy atom. The first-order valence-corrected chi connectivity index (χ1v) is 9.57. The van der Waals surface area contributed by atoms with E-state index in [9.17, 15) is 9.59 Å². The van der Waals surface area contributed by atoms with Crippen molar-refractivity contribution in [3.8, 4) is 5.75 Å². The highest BCUT2D eigenvalue weighted by Crippen LogP contribution is 2.53. The Labute approximate surface area is 166 Å². The average Bonchev–Trinajstić information content (AvgIpc) is 3.47. The van der Waals surface area contributed by atoms with Crippen molar-refractivity contribution in [1.29, 1.82) is 0 Å². The third kappa shape index (κ3) is 2.48. The molecule has 29 heavy (non-hydrogen) atoms. The average molecular weight is 395 g/mol. The van der Waals surface area contributed by atoms with E-state index in [-0.39, 0.29) is 29.7 Å². The minimum atomic E-state index is -0.276. The van der Waals surface area contributed by atoms with E-state index < -0.39 is 0 Å². The number of rotatable bonds is 4. The van der Waals surface area contributed by atoms with Crippen molar-refractivity contribution in [3.05, 3.63) is 47.4 Å². The van der Waals surface area contributed by atoms with Crippen LogP contribution in [0.5, 0.6) is 5.75 Å². The molecule has 8 heteroatoms. The van der Waals surface area contributed by atoms with E-state index in [4.69, 9.17) is 13.6 Å². The van der Waals surface area contributed by atoms with Gasteiger partial charge < -0.3 is 23.8 Å². The van der Waals surface area contributed by atoms with Crippen LogP contribution >= 0.6 is 0 Å². The molecule has 2 aromatic heterocycles. The lowest BCUT2D eigenvalue weighted by Crippen LogP contribution is -2.40.